The van der Waals surface area contributed by atoms with Crippen molar-refractivity contribution in [1.82, 2.24) is 9.13 Å². The molecule has 0 atom stereocenters. The van der Waals surface area contributed by atoms with Crippen molar-refractivity contribution in [2.75, 3.05) is 19.6 Å². The number of hydrogen-bond donors (Lipinski definition) is 0. The summed E-state index contributed by atoms with van der Waals surface area (Å²) >= 11 is 0. The molecule has 0 radical (unpaired) electrons. The van der Waals surface area contributed by atoms with Crippen LogP contribution in [0.15, 0.2) is 218 Å². The molecule has 450 valence electrons. The molecule has 0 unspecified atom stereocenters. The van der Waals surface area contributed by atoms with Crippen LogP contribution in [0.1, 0.15) is 101 Å². The van der Waals surface area contributed by atoms with Crippen LogP contribution in [0.4, 0.5) is 68.2 Å². The largest absolute Gasteiger partial charge is 0.342 e. The second-order valence-electron chi connectivity index (χ2n) is 29.1. The number of benzene rings is 11. The van der Waals surface area contributed by atoms with Crippen LogP contribution in [-0.2, 0) is 30.3 Å². The molecule has 0 saturated carbocycles. The molecule has 6 nitrogen and oxygen atoms in total. The maximum Gasteiger partial charge on any atom is 0.252 e. The number of fused-ring (bicyclic) bond motifs is 10. The van der Waals surface area contributed by atoms with Gasteiger partial charge in [0, 0.05) is 92.2 Å². The second-order valence-corrected chi connectivity index (χ2v) is 29.1. The van der Waals surface area contributed by atoms with Crippen molar-refractivity contribution >= 4 is 135 Å². The van der Waals surface area contributed by atoms with Crippen LogP contribution in [-0.4, -0.2) is 15.8 Å². The third-order valence-electron chi connectivity index (χ3n) is 19.8. The molecule has 0 fully saturated rings. The first-order chi connectivity index (χ1) is 43.5. The molecule has 11 aromatic carbocycles. The summed E-state index contributed by atoms with van der Waals surface area (Å²) in [5, 5.41) is 4.84. The summed E-state index contributed by atoms with van der Waals surface area (Å²) < 4.78 is 4.93. The van der Waals surface area contributed by atoms with E-state index in [1.165, 1.54) is 122 Å². The van der Waals surface area contributed by atoms with E-state index in [0.29, 0.717) is 0 Å². The molecule has 0 N–H and O–H groups in total. The molecule has 0 aliphatic carbocycles. The average Bonchev–Trinajstić information content (AvgIpc) is 1.56. The van der Waals surface area contributed by atoms with Gasteiger partial charge in [-0.1, -0.05) is 194 Å². The maximum absolute atomic E-state index is 2.67. The van der Waals surface area contributed by atoms with Gasteiger partial charge in [-0.3, -0.25) is 0 Å². The fraction of sp³-hybridized carbons (Fsp3) is 0.214. The maximum atomic E-state index is 2.67. The van der Waals surface area contributed by atoms with Crippen LogP contribution in [0.3, 0.4) is 0 Å². The quantitative estimate of drug-likeness (QED) is 0.141. The van der Waals surface area contributed by atoms with Gasteiger partial charge in [-0.2, -0.15) is 0 Å². The first-order valence-electron chi connectivity index (χ1n) is 32.5. The Kier molecular flexibility index (Phi) is 13.3. The highest BCUT2D eigenvalue weighted by Gasteiger charge is 2.46. The smallest absolute Gasteiger partial charge is 0.252 e. The molecule has 2 aromatic heterocycles. The van der Waals surface area contributed by atoms with Gasteiger partial charge in [-0.15, -0.1) is 0 Å². The Balaban J connectivity index is 1.07. The lowest BCUT2D eigenvalue weighted by atomic mass is 9.33. The lowest BCUT2D eigenvalue weighted by molar-refractivity contribution is 0.590. The normalized spacial score (nSPS) is 13.2. The average molecular weight is 1190 g/mol. The fourth-order valence-electron chi connectivity index (χ4n) is 14.8. The summed E-state index contributed by atoms with van der Waals surface area (Å²) in [7, 11) is 4.56. The summed E-state index contributed by atoms with van der Waals surface area (Å²) in [6.07, 6.45) is 0. The highest BCUT2D eigenvalue weighted by atomic mass is 15.2. The highest BCUT2D eigenvalue weighted by molar-refractivity contribution is 7.00. The van der Waals surface area contributed by atoms with Crippen molar-refractivity contribution in [2.45, 2.75) is 106 Å². The van der Waals surface area contributed by atoms with Crippen LogP contribution in [0.2, 0.25) is 0 Å². The van der Waals surface area contributed by atoms with Crippen LogP contribution in [0.5, 0.6) is 0 Å². The zero-order chi connectivity index (χ0) is 63.3. The standard InChI is InChI=1S/C84H81BN6/c1-52-24-34-59(35-25-52)88(60-36-26-53(2)27-37-60)71-44-46-73(80-77(71)63-20-16-18-22-67(63)86(80)14)90-69-42-32-56(82(5,6)7)48-65(69)85-66-49-57(83(8,9)10)33-43-70(66)91(76-51-58(84(11,12)13)50-75(90)79(76)85)74-47-45-72(78-64-21-17-19-23-68(64)87(15)81(74)78)89(61-38-28-54(3)29-39-61)62-40-30-55(4)31-41-62/h16-51H,1-15H3. The predicted octanol–water partition coefficient (Wildman–Crippen LogP) is 21.1. The van der Waals surface area contributed by atoms with Gasteiger partial charge < -0.3 is 28.7 Å². The Morgan fingerprint density at radius 3 is 0.967 bits per heavy atom. The van der Waals surface area contributed by atoms with E-state index in [-0.39, 0.29) is 23.0 Å². The van der Waals surface area contributed by atoms with Gasteiger partial charge in [0.2, 0.25) is 0 Å². The summed E-state index contributed by atoms with van der Waals surface area (Å²) in [6, 6.07) is 83.8. The Bertz CT molecular complexity index is 4660. The Hall–Kier alpha value is -9.72. The van der Waals surface area contributed by atoms with Gasteiger partial charge in [0.25, 0.3) is 6.71 Å². The number of rotatable bonds is 8. The van der Waals surface area contributed by atoms with Gasteiger partial charge >= 0.3 is 0 Å². The lowest BCUT2D eigenvalue weighted by Crippen LogP contribution is -2.62. The Morgan fingerprint density at radius 1 is 0.319 bits per heavy atom. The minimum Gasteiger partial charge on any atom is -0.342 e. The third kappa shape index (κ3) is 9.28. The van der Waals surface area contributed by atoms with Gasteiger partial charge in [-0.25, -0.2) is 0 Å². The molecule has 0 amide bonds. The summed E-state index contributed by atoms with van der Waals surface area (Å²) in [5.41, 5.74) is 30.7. The molecule has 4 heterocycles. The van der Waals surface area contributed by atoms with Crippen LogP contribution >= 0.6 is 0 Å². The molecule has 0 saturated heterocycles. The number of aromatic nitrogens is 2. The topological polar surface area (TPSA) is 22.8 Å². The molecule has 0 bridgehead atoms. The van der Waals surface area contributed by atoms with E-state index in [1.807, 2.05) is 0 Å². The third-order valence-corrected chi connectivity index (χ3v) is 19.8. The zero-order valence-electron chi connectivity index (χ0n) is 55.5. The van der Waals surface area contributed by atoms with Gasteiger partial charge in [0.05, 0.1) is 33.8 Å². The van der Waals surface area contributed by atoms with E-state index in [2.05, 4.69) is 351 Å². The second kappa shape index (κ2) is 20.9. The number of para-hydroxylation sites is 2. The Labute approximate surface area is 538 Å². The SMILES string of the molecule is Cc1ccc(N(c2ccc(C)cc2)c2ccc(N3c4ccc(C(C)(C)C)cc4B4c5cc(C(C)(C)C)ccc5N(c5ccc(N(c6ccc(C)cc6)c6ccc(C)cc6)c6c7ccccc7n(C)c56)c5cc(C(C)(C)C)cc3c54)c3c2c2ccccc2n3C)cc1. The summed E-state index contributed by atoms with van der Waals surface area (Å²) in [4.78, 5) is 10.3. The van der Waals surface area contributed by atoms with Gasteiger partial charge in [0.15, 0.2) is 0 Å². The fourth-order valence-corrected chi connectivity index (χ4v) is 14.8. The number of nitrogens with zero attached hydrogens (tertiary/aromatic N) is 6. The molecular weight excluding hydrogens is 1100 g/mol. The molecule has 13 aromatic rings. The molecule has 7 heteroatoms. The van der Waals surface area contributed by atoms with Gasteiger partial charge in [-0.05, 0) is 186 Å². The monoisotopic (exact) mass is 1180 g/mol. The molecule has 15 rings (SSSR count). The van der Waals surface area contributed by atoms with Crippen molar-refractivity contribution in [1.29, 1.82) is 0 Å². The minimum absolute atomic E-state index is 0.109. The van der Waals surface area contributed by atoms with Crippen molar-refractivity contribution in [3.63, 3.8) is 0 Å². The first kappa shape index (κ1) is 57.7. The van der Waals surface area contributed by atoms with Crippen molar-refractivity contribution < 1.29 is 0 Å². The number of hydrogen-bond acceptors (Lipinski definition) is 4. The summed E-state index contributed by atoms with van der Waals surface area (Å²) in [6.45, 7) is 29.9. The molecular formula is C84H81BN6. The molecule has 2 aliphatic rings. The van der Waals surface area contributed by atoms with E-state index in [1.54, 1.807) is 0 Å². The zero-order valence-corrected chi connectivity index (χ0v) is 55.5. The molecule has 2 aliphatic heterocycles. The summed E-state index contributed by atoms with van der Waals surface area (Å²) in [5.74, 6) is 0. The van der Waals surface area contributed by atoms with E-state index >= 15 is 0 Å². The first-order valence-corrected chi connectivity index (χ1v) is 32.5. The van der Waals surface area contributed by atoms with E-state index < -0.39 is 0 Å². The Morgan fingerprint density at radius 2 is 0.637 bits per heavy atom. The predicted molar refractivity (Wildman–Crippen MR) is 393 cm³/mol. The molecule has 0 spiro atoms. The van der Waals surface area contributed by atoms with Crippen LogP contribution in [0, 0.1) is 27.7 Å². The minimum atomic E-state index is -0.242. The molecule has 91 heavy (non-hydrogen) atoms. The lowest BCUT2D eigenvalue weighted by Gasteiger charge is -2.46. The van der Waals surface area contributed by atoms with Crippen molar-refractivity contribution in [3.8, 4) is 0 Å². The van der Waals surface area contributed by atoms with E-state index in [9.17, 15) is 0 Å². The number of aryl methyl sites for hydroxylation is 6. The van der Waals surface area contributed by atoms with Crippen LogP contribution in [0.25, 0.3) is 43.6 Å². The van der Waals surface area contributed by atoms with E-state index in [0.717, 1.165) is 45.5 Å². The van der Waals surface area contributed by atoms with Crippen LogP contribution < -0.4 is 36.0 Å². The van der Waals surface area contributed by atoms with Crippen molar-refractivity contribution in [3.05, 3.63) is 257 Å². The van der Waals surface area contributed by atoms with Gasteiger partial charge in [0.1, 0.15) is 0 Å². The highest BCUT2D eigenvalue weighted by Crippen LogP contribution is 2.54. The van der Waals surface area contributed by atoms with E-state index in [4.69, 9.17) is 0 Å². The number of anilines is 12. The van der Waals surface area contributed by atoms with Crippen molar-refractivity contribution in [2.24, 2.45) is 14.1 Å².